The Balaban J connectivity index is 1.61. The summed E-state index contributed by atoms with van der Waals surface area (Å²) in [5, 5.41) is 6.48. The summed E-state index contributed by atoms with van der Waals surface area (Å²) in [4.78, 5) is 3.60. The van der Waals surface area contributed by atoms with Crippen molar-refractivity contribution in [1.82, 2.24) is 0 Å². The number of benzene rings is 2. The lowest BCUT2D eigenvalue weighted by atomic mass is 10.1. The molecular formula is C23H14O2S2. The number of aryl methyl sites for hydroxylation is 1. The fourth-order valence-electron chi connectivity index (χ4n) is 3.63. The molecule has 0 bridgehead atoms. The van der Waals surface area contributed by atoms with Crippen LogP contribution in [0.4, 0.5) is 0 Å². The van der Waals surface area contributed by atoms with Gasteiger partial charge in [-0.05, 0) is 54.8 Å². The fourth-order valence-corrected chi connectivity index (χ4v) is 5.13. The van der Waals surface area contributed by atoms with E-state index in [9.17, 15) is 0 Å². The maximum atomic E-state index is 6.28. The molecule has 0 aliphatic heterocycles. The molecule has 6 aromatic rings. The summed E-state index contributed by atoms with van der Waals surface area (Å²) in [6.07, 6.45) is 0. The van der Waals surface area contributed by atoms with E-state index >= 15 is 0 Å². The van der Waals surface area contributed by atoms with Crippen molar-refractivity contribution in [1.29, 1.82) is 0 Å². The smallest absolute Gasteiger partial charge is 0.145 e. The van der Waals surface area contributed by atoms with E-state index in [0.29, 0.717) is 0 Å². The van der Waals surface area contributed by atoms with Crippen LogP contribution in [0, 0.1) is 6.92 Å². The van der Waals surface area contributed by atoms with Crippen molar-refractivity contribution in [3.63, 3.8) is 0 Å². The van der Waals surface area contributed by atoms with Crippen LogP contribution in [-0.4, -0.2) is 0 Å². The zero-order valence-corrected chi connectivity index (χ0v) is 16.1. The van der Waals surface area contributed by atoms with Gasteiger partial charge in [0.05, 0.1) is 9.75 Å². The molecule has 6 rings (SSSR count). The van der Waals surface area contributed by atoms with Gasteiger partial charge >= 0.3 is 0 Å². The van der Waals surface area contributed by atoms with Gasteiger partial charge in [-0.15, -0.1) is 22.7 Å². The molecule has 0 aliphatic rings. The molecule has 0 N–H and O–H groups in total. The molecule has 0 unspecified atom stereocenters. The predicted molar refractivity (Wildman–Crippen MR) is 115 cm³/mol. The van der Waals surface area contributed by atoms with Crippen LogP contribution in [0.5, 0.6) is 0 Å². The van der Waals surface area contributed by atoms with E-state index < -0.39 is 0 Å². The summed E-state index contributed by atoms with van der Waals surface area (Å²) in [5.41, 5.74) is 1.84. The van der Waals surface area contributed by atoms with Gasteiger partial charge in [-0.3, -0.25) is 0 Å². The first-order valence-electron chi connectivity index (χ1n) is 8.76. The quantitative estimate of drug-likeness (QED) is 0.300. The summed E-state index contributed by atoms with van der Waals surface area (Å²) in [5.74, 6) is 1.84. The van der Waals surface area contributed by atoms with E-state index in [1.165, 1.54) is 4.88 Å². The van der Waals surface area contributed by atoms with Crippen LogP contribution in [0.3, 0.4) is 0 Å². The average molecular weight is 386 g/mol. The SMILES string of the molecule is Cc1ccc(-c2cc3ccc4c(ccc5cc(-c6cccs6)oc54)c3o2)s1. The second-order valence-corrected chi connectivity index (χ2v) is 8.91. The van der Waals surface area contributed by atoms with Gasteiger partial charge in [-0.1, -0.05) is 18.2 Å². The van der Waals surface area contributed by atoms with Crippen LogP contribution in [0.2, 0.25) is 0 Å². The normalized spacial score (nSPS) is 11.9. The largest absolute Gasteiger partial charge is 0.455 e. The number of thiophene rings is 2. The van der Waals surface area contributed by atoms with Crippen LogP contribution >= 0.6 is 22.7 Å². The van der Waals surface area contributed by atoms with Gasteiger partial charge < -0.3 is 8.83 Å². The van der Waals surface area contributed by atoms with E-state index in [1.54, 1.807) is 22.7 Å². The Morgan fingerprint density at radius 1 is 0.704 bits per heavy atom. The summed E-state index contributed by atoms with van der Waals surface area (Å²) in [7, 11) is 0. The van der Waals surface area contributed by atoms with Gasteiger partial charge in [-0.2, -0.15) is 0 Å². The molecule has 0 saturated carbocycles. The number of hydrogen-bond donors (Lipinski definition) is 0. The molecule has 0 amide bonds. The molecule has 4 heterocycles. The van der Waals surface area contributed by atoms with Crippen LogP contribution in [-0.2, 0) is 0 Å². The van der Waals surface area contributed by atoms with Crippen LogP contribution in [0.25, 0.3) is 54.0 Å². The average Bonchev–Trinajstić information content (AvgIpc) is 3.43. The van der Waals surface area contributed by atoms with Crippen molar-refractivity contribution in [2.45, 2.75) is 6.92 Å². The summed E-state index contributed by atoms with van der Waals surface area (Å²) < 4.78 is 12.5. The first kappa shape index (κ1) is 15.3. The Hall–Kier alpha value is -2.82. The number of hydrogen-bond acceptors (Lipinski definition) is 4. The van der Waals surface area contributed by atoms with Gasteiger partial charge in [-0.25, -0.2) is 0 Å². The molecule has 27 heavy (non-hydrogen) atoms. The summed E-state index contributed by atoms with van der Waals surface area (Å²) in [6, 6.07) is 21.2. The predicted octanol–water partition coefficient (Wildman–Crippen LogP) is 8.10. The van der Waals surface area contributed by atoms with Gasteiger partial charge in [0.2, 0.25) is 0 Å². The number of rotatable bonds is 2. The number of furan rings is 2. The van der Waals surface area contributed by atoms with Crippen LogP contribution in [0.1, 0.15) is 4.88 Å². The summed E-state index contributed by atoms with van der Waals surface area (Å²) >= 11 is 3.45. The highest BCUT2D eigenvalue weighted by Crippen LogP contribution is 2.39. The molecule has 130 valence electrons. The molecule has 0 aliphatic carbocycles. The minimum Gasteiger partial charge on any atom is -0.455 e. The van der Waals surface area contributed by atoms with Gasteiger partial charge in [0.1, 0.15) is 22.7 Å². The Morgan fingerprint density at radius 2 is 1.37 bits per heavy atom. The highest BCUT2D eigenvalue weighted by molar-refractivity contribution is 7.15. The van der Waals surface area contributed by atoms with Gasteiger partial charge in [0.15, 0.2) is 0 Å². The fraction of sp³-hybridized carbons (Fsp3) is 0.0435. The van der Waals surface area contributed by atoms with Crippen molar-refractivity contribution in [2.75, 3.05) is 0 Å². The molecule has 2 aromatic carbocycles. The Bertz CT molecular complexity index is 1430. The molecule has 0 atom stereocenters. The van der Waals surface area contributed by atoms with Crippen LogP contribution in [0.15, 0.2) is 74.9 Å². The van der Waals surface area contributed by atoms with Gasteiger partial charge in [0, 0.05) is 26.4 Å². The Morgan fingerprint density at radius 3 is 1.93 bits per heavy atom. The molecule has 4 heteroatoms. The third-order valence-electron chi connectivity index (χ3n) is 4.91. The highest BCUT2D eigenvalue weighted by atomic mass is 32.1. The van der Waals surface area contributed by atoms with Crippen LogP contribution < -0.4 is 0 Å². The maximum absolute atomic E-state index is 6.28. The molecule has 4 aromatic heterocycles. The molecule has 0 spiro atoms. The Labute approximate surface area is 163 Å². The standard InChI is InChI=1S/C23H14O2S2/c1-13-4-9-21(27-13)19-12-15-6-8-16-17(23(15)25-19)7-5-14-11-18(24-22(14)16)20-3-2-10-26-20/h2-12H,1H3. The second kappa shape index (κ2) is 5.59. The van der Waals surface area contributed by atoms with E-state index in [0.717, 1.165) is 54.0 Å². The van der Waals surface area contributed by atoms with Gasteiger partial charge in [0.25, 0.3) is 0 Å². The topological polar surface area (TPSA) is 26.3 Å². The Kier molecular flexibility index (Phi) is 3.16. The van der Waals surface area contributed by atoms with Crippen molar-refractivity contribution >= 4 is 55.4 Å². The first-order valence-corrected chi connectivity index (χ1v) is 10.5. The van der Waals surface area contributed by atoms with E-state index in [-0.39, 0.29) is 0 Å². The van der Waals surface area contributed by atoms with Crippen molar-refractivity contribution < 1.29 is 8.83 Å². The number of fused-ring (bicyclic) bond motifs is 5. The monoisotopic (exact) mass is 386 g/mol. The molecule has 0 radical (unpaired) electrons. The van der Waals surface area contributed by atoms with E-state index in [2.05, 4.69) is 66.9 Å². The third-order valence-corrected chi connectivity index (χ3v) is 6.81. The minimum absolute atomic E-state index is 0.918. The molecule has 0 saturated heterocycles. The lowest BCUT2D eigenvalue weighted by Gasteiger charge is -1.99. The lowest BCUT2D eigenvalue weighted by molar-refractivity contribution is 0.633. The second-order valence-electron chi connectivity index (χ2n) is 6.67. The van der Waals surface area contributed by atoms with Crippen molar-refractivity contribution in [2.24, 2.45) is 0 Å². The zero-order chi connectivity index (χ0) is 18.0. The first-order chi connectivity index (χ1) is 13.3. The highest BCUT2D eigenvalue weighted by Gasteiger charge is 2.15. The summed E-state index contributed by atoms with van der Waals surface area (Å²) in [6.45, 7) is 2.12. The van der Waals surface area contributed by atoms with E-state index in [4.69, 9.17) is 8.83 Å². The third kappa shape index (κ3) is 2.30. The molecular weight excluding hydrogens is 372 g/mol. The van der Waals surface area contributed by atoms with Crippen molar-refractivity contribution in [3.05, 3.63) is 70.9 Å². The van der Waals surface area contributed by atoms with E-state index in [1.807, 2.05) is 6.07 Å². The maximum Gasteiger partial charge on any atom is 0.145 e. The molecule has 2 nitrogen and oxygen atoms in total. The molecule has 0 fully saturated rings. The van der Waals surface area contributed by atoms with Crippen molar-refractivity contribution in [3.8, 4) is 21.3 Å². The lowest BCUT2D eigenvalue weighted by Crippen LogP contribution is -1.74. The minimum atomic E-state index is 0.918. The zero-order valence-electron chi connectivity index (χ0n) is 14.5.